The third kappa shape index (κ3) is 4.87. The summed E-state index contributed by atoms with van der Waals surface area (Å²) in [4.78, 5) is 34.0. The van der Waals surface area contributed by atoms with Crippen molar-refractivity contribution in [1.29, 1.82) is 0 Å². The topological polar surface area (TPSA) is 100 Å². The molecule has 0 aromatic carbocycles. The lowest BCUT2D eigenvalue weighted by Crippen LogP contribution is -2.50. The van der Waals surface area contributed by atoms with E-state index in [1.54, 1.807) is 18.3 Å². The molecular formula is C20H24F3N5O3. The molecule has 1 fully saturated rings. The number of halogens is 3. The second kappa shape index (κ2) is 8.66. The van der Waals surface area contributed by atoms with Crippen LogP contribution in [0.5, 0.6) is 0 Å². The molecule has 0 spiro atoms. The molecule has 1 aliphatic heterocycles. The van der Waals surface area contributed by atoms with Gasteiger partial charge in [-0.2, -0.15) is 13.2 Å². The predicted octanol–water partition coefficient (Wildman–Crippen LogP) is 2.14. The number of imidazole rings is 1. The van der Waals surface area contributed by atoms with Crippen LogP contribution in [0.2, 0.25) is 0 Å². The van der Waals surface area contributed by atoms with Crippen LogP contribution in [0.1, 0.15) is 30.7 Å². The van der Waals surface area contributed by atoms with Crippen molar-refractivity contribution in [2.24, 2.45) is 13.0 Å². The van der Waals surface area contributed by atoms with Gasteiger partial charge in [-0.15, -0.1) is 0 Å². The molecule has 8 nitrogen and oxygen atoms in total. The second-order valence-electron chi connectivity index (χ2n) is 7.76. The van der Waals surface area contributed by atoms with Crippen LogP contribution in [0.25, 0.3) is 0 Å². The number of likely N-dealkylation sites (tertiary alicyclic amines) is 1. The summed E-state index contributed by atoms with van der Waals surface area (Å²) in [6.45, 7) is 2.11. The number of amides is 2. The fourth-order valence-corrected chi connectivity index (χ4v) is 3.62. The molecule has 168 valence electrons. The summed E-state index contributed by atoms with van der Waals surface area (Å²) in [5, 5.41) is 13.1. The monoisotopic (exact) mass is 439 g/mol. The van der Waals surface area contributed by atoms with Gasteiger partial charge in [0.25, 0.3) is 0 Å². The van der Waals surface area contributed by atoms with E-state index in [9.17, 15) is 27.9 Å². The fraction of sp³-hybridized carbons (Fsp3) is 0.500. The van der Waals surface area contributed by atoms with Crippen LogP contribution in [0.4, 0.5) is 19.0 Å². The van der Waals surface area contributed by atoms with Crippen LogP contribution in [0.15, 0.2) is 30.7 Å². The SMILES string of the molecule is Cc1ccnc(NC(=O)C2CCN(C(=O)CC(O)(c3nccn3C)C(F)(F)F)CC2)c1. The van der Waals surface area contributed by atoms with E-state index >= 15 is 0 Å². The Balaban J connectivity index is 1.61. The van der Waals surface area contributed by atoms with E-state index in [4.69, 9.17) is 0 Å². The molecule has 0 saturated carbocycles. The highest BCUT2D eigenvalue weighted by atomic mass is 19.4. The number of hydrogen-bond acceptors (Lipinski definition) is 5. The zero-order chi connectivity index (χ0) is 22.8. The maximum Gasteiger partial charge on any atom is 0.425 e. The van der Waals surface area contributed by atoms with Gasteiger partial charge in [0.05, 0.1) is 6.42 Å². The summed E-state index contributed by atoms with van der Waals surface area (Å²) in [6, 6.07) is 3.53. The Morgan fingerprint density at radius 2 is 1.90 bits per heavy atom. The van der Waals surface area contributed by atoms with Gasteiger partial charge in [-0.25, -0.2) is 9.97 Å². The van der Waals surface area contributed by atoms with E-state index in [2.05, 4.69) is 15.3 Å². The molecule has 2 N–H and O–H groups in total. The highest BCUT2D eigenvalue weighted by Gasteiger charge is 2.59. The largest absolute Gasteiger partial charge is 0.425 e. The summed E-state index contributed by atoms with van der Waals surface area (Å²) in [7, 11) is 1.32. The fourth-order valence-electron chi connectivity index (χ4n) is 3.62. The number of carbonyl (C=O) groups excluding carboxylic acids is 2. The minimum absolute atomic E-state index is 0.118. The van der Waals surface area contributed by atoms with Crippen LogP contribution in [-0.4, -0.2) is 55.6 Å². The third-order valence-corrected chi connectivity index (χ3v) is 5.45. The summed E-state index contributed by atoms with van der Waals surface area (Å²) in [6.07, 6.45) is -1.68. The van der Waals surface area contributed by atoms with Crippen LogP contribution < -0.4 is 5.32 Å². The summed E-state index contributed by atoms with van der Waals surface area (Å²) in [5.41, 5.74) is -2.46. The lowest BCUT2D eigenvalue weighted by molar-refractivity contribution is -0.272. The molecule has 0 radical (unpaired) electrons. The molecule has 2 aromatic heterocycles. The van der Waals surface area contributed by atoms with Crippen molar-refractivity contribution in [2.75, 3.05) is 18.4 Å². The molecule has 1 aliphatic rings. The number of pyridine rings is 1. The standard InChI is InChI=1S/C20H24F3N5O3/c1-13-3-6-24-15(11-13)26-17(30)14-4-8-28(9-5-14)16(29)12-19(31,20(21,22)23)18-25-7-10-27(18)2/h3,6-7,10-11,14,31H,4-5,8-9,12H2,1-2H3,(H,24,26,30). The van der Waals surface area contributed by atoms with Gasteiger partial charge < -0.3 is 19.9 Å². The van der Waals surface area contributed by atoms with Gasteiger partial charge in [0.1, 0.15) is 5.82 Å². The average Bonchev–Trinajstić information content (AvgIpc) is 3.13. The van der Waals surface area contributed by atoms with E-state index in [1.165, 1.54) is 18.1 Å². The zero-order valence-corrected chi connectivity index (χ0v) is 17.2. The van der Waals surface area contributed by atoms with E-state index in [0.29, 0.717) is 18.7 Å². The minimum Gasteiger partial charge on any atom is -0.374 e. The number of anilines is 1. The molecule has 1 unspecified atom stereocenters. The number of aryl methyl sites for hydroxylation is 2. The smallest absolute Gasteiger partial charge is 0.374 e. The van der Waals surface area contributed by atoms with E-state index in [1.807, 2.05) is 6.92 Å². The van der Waals surface area contributed by atoms with Gasteiger partial charge in [-0.3, -0.25) is 9.59 Å². The average molecular weight is 439 g/mol. The molecule has 1 saturated heterocycles. The molecule has 31 heavy (non-hydrogen) atoms. The number of aromatic nitrogens is 3. The van der Waals surface area contributed by atoms with Gasteiger partial charge in [0, 0.05) is 44.6 Å². The Hall–Kier alpha value is -2.95. The molecule has 2 aromatic rings. The van der Waals surface area contributed by atoms with E-state index < -0.39 is 29.9 Å². The molecule has 11 heteroatoms. The van der Waals surface area contributed by atoms with Crippen molar-refractivity contribution < 1.29 is 27.9 Å². The van der Waals surface area contributed by atoms with Crippen molar-refractivity contribution in [3.63, 3.8) is 0 Å². The lowest BCUT2D eigenvalue weighted by atomic mass is 9.93. The normalized spacial score (nSPS) is 17.3. The quantitative estimate of drug-likeness (QED) is 0.744. The Bertz CT molecular complexity index is 954. The number of rotatable bonds is 5. The molecule has 3 heterocycles. The second-order valence-corrected chi connectivity index (χ2v) is 7.76. The van der Waals surface area contributed by atoms with Gasteiger partial charge >= 0.3 is 6.18 Å². The molecule has 0 bridgehead atoms. The van der Waals surface area contributed by atoms with Gasteiger partial charge in [0.15, 0.2) is 5.82 Å². The Morgan fingerprint density at radius 3 is 2.45 bits per heavy atom. The molecular weight excluding hydrogens is 415 g/mol. The highest BCUT2D eigenvalue weighted by Crippen LogP contribution is 2.41. The third-order valence-electron chi connectivity index (χ3n) is 5.45. The number of nitrogens with one attached hydrogen (secondary N) is 1. The first-order chi connectivity index (χ1) is 14.5. The van der Waals surface area contributed by atoms with Crippen molar-refractivity contribution in [3.8, 4) is 0 Å². The van der Waals surface area contributed by atoms with Gasteiger partial charge in [-0.1, -0.05) is 0 Å². The van der Waals surface area contributed by atoms with E-state index in [-0.39, 0.29) is 24.9 Å². The maximum absolute atomic E-state index is 13.6. The van der Waals surface area contributed by atoms with Gasteiger partial charge in [0.2, 0.25) is 17.4 Å². The van der Waals surface area contributed by atoms with Crippen molar-refractivity contribution >= 4 is 17.6 Å². The van der Waals surface area contributed by atoms with Crippen LogP contribution in [0, 0.1) is 12.8 Å². The number of piperidine rings is 1. The van der Waals surface area contributed by atoms with Crippen LogP contribution in [-0.2, 0) is 22.2 Å². The van der Waals surface area contributed by atoms with Crippen LogP contribution >= 0.6 is 0 Å². The first-order valence-corrected chi connectivity index (χ1v) is 9.79. The Kier molecular flexibility index (Phi) is 6.35. The zero-order valence-electron chi connectivity index (χ0n) is 17.2. The maximum atomic E-state index is 13.6. The highest BCUT2D eigenvalue weighted by molar-refractivity contribution is 5.92. The number of alkyl halides is 3. The molecule has 3 rings (SSSR count). The molecule has 1 atom stereocenters. The van der Waals surface area contributed by atoms with Gasteiger partial charge in [-0.05, 0) is 37.5 Å². The van der Waals surface area contributed by atoms with Crippen molar-refractivity contribution in [1.82, 2.24) is 19.4 Å². The first-order valence-electron chi connectivity index (χ1n) is 9.79. The molecule has 0 aliphatic carbocycles. The molecule has 2 amide bonds. The number of nitrogens with zero attached hydrogens (tertiary/aromatic N) is 4. The number of carbonyl (C=O) groups is 2. The van der Waals surface area contributed by atoms with Crippen molar-refractivity contribution in [3.05, 3.63) is 42.1 Å². The summed E-state index contributed by atoms with van der Waals surface area (Å²) in [5.74, 6) is -1.70. The Labute approximate surface area is 177 Å². The number of aliphatic hydroxyl groups is 1. The van der Waals surface area contributed by atoms with Crippen molar-refractivity contribution in [2.45, 2.75) is 38.0 Å². The lowest BCUT2D eigenvalue weighted by Gasteiger charge is -2.35. The minimum atomic E-state index is -5.08. The number of hydrogen-bond donors (Lipinski definition) is 2. The predicted molar refractivity (Wildman–Crippen MR) is 105 cm³/mol. The summed E-state index contributed by atoms with van der Waals surface area (Å²) < 4.78 is 42.0. The van der Waals surface area contributed by atoms with Crippen LogP contribution in [0.3, 0.4) is 0 Å². The van der Waals surface area contributed by atoms with E-state index in [0.717, 1.165) is 16.3 Å². The summed E-state index contributed by atoms with van der Waals surface area (Å²) >= 11 is 0. The first kappa shape index (κ1) is 22.7. The Morgan fingerprint density at radius 1 is 1.23 bits per heavy atom.